The summed E-state index contributed by atoms with van der Waals surface area (Å²) in [4.78, 5) is 15.7. The fourth-order valence-corrected chi connectivity index (χ4v) is 2.00. The van der Waals surface area contributed by atoms with Crippen molar-refractivity contribution in [3.63, 3.8) is 0 Å². The first-order valence-corrected chi connectivity index (χ1v) is 6.92. The molecule has 0 spiro atoms. The summed E-state index contributed by atoms with van der Waals surface area (Å²) in [5.41, 5.74) is 0.850. The summed E-state index contributed by atoms with van der Waals surface area (Å²) in [5.74, 6) is -0.273. The Hall–Kier alpha value is -2.34. The van der Waals surface area contributed by atoms with Gasteiger partial charge in [0.05, 0.1) is 5.69 Å². The number of phenolic OH excluding ortho intramolecular Hbond substituents is 2. The smallest absolute Gasteiger partial charge is 0.246 e. The molecule has 0 fully saturated rings. The molecule has 108 valence electrons. The number of anilines is 1. The van der Waals surface area contributed by atoms with Gasteiger partial charge in [-0.1, -0.05) is 28.1 Å². The number of benzene rings is 2. The van der Waals surface area contributed by atoms with Gasteiger partial charge in [-0.2, -0.15) is 0 Å². The monoisotopic (exact) mass is 348 g/mol. The highest BCUT2D eigenvalue weighted by molar-refractivity contribution is 9.10. The van der Waals surface area contributed by atoms with Crippen LogP contribution in [-0.4, -0.2) is 28.9 Å². The lowest BCUT2D eigenvalue weighted by Crippen LogP contribution is -2.14. The van der Waals surface area contributed by atoms with Crippen LogP contribution >= 0.6 is 15.9 Å². The van der Waals surface area contributed by atoms with Crippen LogP contribution in [0.1, 0.15) is 5.56 Å². The minimum atomic E-state index is -0.359. The Balaban J connectivity index is 1.96. The minimum absolute atomic E-state index is 0.000496. The van der Waals surface area contributed by atoms with E-state index < -0.39 is 0 Å². The lowest BCUT2D eigenvalue weighted by molar-refractivity contribution is -0.114. The molecular formula is C15H13BrN2O3. The Kier molecular flexibility index (Phi) is 4.94. The zero-order valence-corrected chi connectivity index (χ0v) is 12.5. The Bertz CT molecular complexity index is 686. The average Bonchev–Trinajstić information content (AvgIpc) is 2.45. The Labute approximate surface area is 130 Å². The van der Waals surface area contributed by atoms with E-state index in [0.29, 0.717) is 11.3 Å². The zero-order chi connectivity index (χ0) is 15.2. The number of rotatable bonds is 4. The second-order valence-electron chi connectivity index (χ2n) is 4.24. The van der Waals surface area contributed by atoms with Gasteiger partial charge in [-0.15, -0.1) is 0 Å². The third-order valence-electron chi connectivity index (χ3n) is 2.63. The number of carbonyl (C=O) groups excluding carboxylic acids is 1. The van der Waals surface area contributed by atoms with Gasteiger partial charge in [0.2, 0.25) is 5.91 Å². The molecule has 5 nitrogen and oxygen atoms in total. The molecule has 0 unspecified atom stereocenters. The number of nitrogens with one attached hydrogen (secondary N) is 1. The standard InChI is InChI=1S/C15H13BrN2O3/c16-11-5-6-13(19)10(7-11)8-17-9-15(21)18-12-3-1-2-4-14(12)20/h1-8,19-20H,9H2,(H,18,21). The minimum Gasteiger partial charge on any atom is -0.507 e. The van der Waals surface area contributed by atoms with Crippen LogP contribution in [0.4, 0.5) is 5.69 Å². The van der Waals surface area contributed by atoms with Gasteiger partial charge in [0.1, 0.15) is 18.0 Å². The first-order chi connectivity index (χ1) is 10.1. The van der Waals surface area contributed by atoms with Crippen molar-refractivity contribution >= 4 is 33.7 Å². The molecular weight excluding hydrogens is 336 g/mol. The van der Waals surface area contributed by atoms with Gasteiger partial charge in [-0.3, -0.25) is 9.79 Å². The van der Waals surface area contributed by atoms with E-state index in [1.54, 1.807) is 30.3 Å². The fraction of sp³-hybridized carbons (Fsp3) is 0.0667. The summed E-state index contributed by atoms with van der Waals surface area (Å²) < 4.78 is 0.806. The van der Waals surface area contributed by atoms with Crippen LogP contribution in [0, 0.1) is 0 Å². The van der Waals surface area contributed by atoms with Gasteiger partial charge < -0.3 is 15.5 Å². The molecule has 0 radical (unpaired) electrons. The maximum absolute atomic E-state index is 11.7. The number of halogens is 1. The third kappa shape index (κ3) is 4.32. The van der Waals surface area contributed by atoms with Crippen molar-refractivity contribution in [2.45, 2.75) is 0 Å². The van der Waals surface area contributed by atoms with E-state index in [1.165, 1.54) is 18.3 Å². The van der Waals surface area contributed by atoms with E-state index in [9.17, 15) is 15.0 Å². The molecule has 0 aromatic heterocycles. The second-order valence-corrected chi connectivity index (χ2v) is 5.15. The molecule has 3 N–H and O–H groups in total. The van der Waals surface area contributed by atoms with Gasteiger partial charge in [0, 0.05) is 16.3 Å². The topological polar surface area (TPSA) is 81.9 Å². The number of nitrogens with zero attached hydrogens (tertiary/aromatic N) is 1. The van der Waals surface area contributed by atoms with Crippen LogP contribution in [0.2, 0.25) is 0 Å². The number of carbonyl (C=O) groups is 1. The molecule has 0 aliphatic heterocycles. The molecule has 0 atom stereocenters. The maximum atomic E-state index is 11.7. The summed E-state index contributed by atoms with van der Waals surface area (Å²) in [6, 6.07) is 11.4. The number of aromatic hydroxyl groups is 2. The summed E-state index contributed by atoms with van der Waals surface area (Å²) in [7, 11) is 0. The molecule has 6 heteroatoms. The van der Waals surface area contributed by atoms with Gasteiger partial charge in [-0.05, 0) is 30.3 Å². The third-order valence-corrected chi connectivity index (χ3v) is 3.13. The average molecular weight is 349 g/mol. The summed E-state index contributed by atoms with van der Waals surface area (Å²) in [5, 5.41) is 21.7. The van der Waals surface area contributed by atoms with Crippen molar-refractivity contribution in [2.75, 3.05) is 11.9 Å². The van der Waals surface area contributed by atoms with Gasteiger partial charge >= 0.3 is 0 Å². The van der Waals surface area contributed by atoms with E-state index in [2.05, 4.69) is 26.2 Å². The highest BCUT2D eigenvalue weighted by atomic mass is 79.9. The van der Waals surface area contributed by atoms with Crippen LogP contribution in [-0.2, 0) is 4.79 Å². The molecule has 0 heterocycles. The Morgan fingerprint density at radius 3 is 2.71 bits per heavy atom. The first-order valence-electron chi connectivity index (χ1n) is 6.12. The van der Waals surface area contributed by atoms with Crippen LogP contribution in [0.25, 0.3) is 0 Å². The van der Waals surface area contributed by atoms with Crippen LogP contribution in [0.5, 0.6) is 11.5 Å². The van der Waals surface area contributed by atoms with E-state index in [4.69, 9.17) is 0 Å². The Morgan fingerprint density at radius 1 is 1.19 bits per heavy atom. The van der Waals surface area contributed by atoms with Crippen LogP contribution in [0.3, 0.4) is 0 Å². The maximum Gasteiger partial charge on any atom is 0.246 e. The molecule has 2 rings (SSSR count). The van der Waals surface area contributed by atoms with Gasteiger partial charge in [0.15, 0.2) is 0 Å². The predicted octanol–water partition coefficient (Wildman–Crippen LogP) is 2.92. The van der Waals surface area contributed by atoms with Crippen LogP contribution in [0.15, 0.2) is 51.9 Å². The number of amides is 1. The van der Waals surface area contributed by atoms with E-state index in [0.717, 1.165) is 4.47 Å². The number of hydrogen-bond acceptors (Lipinski definition) is 4. The largest absolute Gasteiger partial charge is 0.507 e. The molecule has 0 saturated carbocycles. The van der Waals surface area contributed by atoms with Crippen molar-refractivity contribution in [3.05, 3.63) is 52.5 Å². The van der Waals surface area contributed by atoms with Gasteiger partial charge in [-0.25, -0.2) is 0 Å². The second kappa shape index (κ2) is 6.90. The predicted molar refractivity (Wildman–Crippen MR) is 85.0 cm³/mol. The molecule has 2 aromatic rings. The van der Waals surface area contributed by atoms with Crippen molar-refractivity contribution in [1.82, 2.24) is 0 Å². The normalized spacial score (nSPS) is 10.7. The summed E-state index contributed by atoms with van der Waals surface area (Å²) in [6.07, 6.45) is 1.42. The molecule has 0 bridgehead atoms. The number of hydrogen-bond donors (Lipinski definition) is 3. The van der Waals surface area contributed by atoms with Crippen molar-refractivity contribution in [1.29, 1.82) is 0 Å². The van der Waals surface area contributed by atoms with Crippen molar-refractivity contribution in [2.24, 2.45) is 4.99 Å². The molecule has 2 aromatic carbocycles. The molecule has 1 amide bonds. The van der Waals surface area contributed by atoms with E-state index in [-0.39, 0.29) is 24.0 Å². The molecule has 0 aliphatic carbocycles. The quantitative estimate of drug-likeness (QED) is 0.586. The summed E-state index contributed by atoms with van der Waals surface area (Å²) >= 11 is 3.29. The highest BCUT2D eigenvalue weighted by Gasteiger charge is 2.04. The zero-order valence-electron chi connectivity index (χ0n) is 11.0. The Morgan fingerprint density at radius 2 is 1.95 bits per heavy atom. The fourth-order valence-electron chi connectivity index (χ4n) is 1.62. The lowest BCUT2D eigenvalue weighted by atomic mass is 10.2. The van der Waals surface area contributed by atoms with Crippen molar-refractivity contribution in [3.8, 4) is 11.5 Å². The van der Waals surface area contributed by atoms with E-state index in [1.807, 2.05) is 0 Å². The SMILES string of the molecule is O=C(CN=Cc1cc(Br)ccc1O)Nc1ccccc1O. The summed E-state index contributed by atoms with van der Waals surface area (Å²) in [6.45, 7) is -0.111. The first kappa shape index (κ1) is 15.1. The number of phenols is 2. The molecule has 0 saturated heterocycles. The molecule has 0 aliphatic rings. The number of para-hydroxylation sites is 2. The van der Waals surface area contributed by atoms with Crippen LogP contribution < -0.4 is 5.32 Å². The van der Waals surface area contributed by atoms with Crippen molar-refractivity contribution < 1.29 is 15.0 Å². The van der Waals surface area contributed by atoms with Gasteiger partial charge in [0.25, 0.3) is 0 Å². The molecule has 21 heavy (non-hydrogen) atoms. The highest BCUT2D eigenvalue weighted by Crippen LogP contribution is 2.21. The van der Waals surface area contributed by atoms with E-state index >= 15 is 0 Å². The lowest BCUT2D eigenvalue weighted by Gasteiger charge is -2.05. The number of aliphatic imine (C=N–C) groups is 1.